The molecule has 0 amide bonds. The average Bonchev–Trinajstić information content (AvgIpc) is 2.77. The van der Waals surface area contributed by atoms with Crippen LogP contribution in [0.15, 0.2) is 11.6 Å². The van der Waals surface area contributed by atoms with Crippen molar-refractivity contribution in [3.8, 4) is 0 Å². The molecule has 8 atom stereocenters. The monoisotopic (exact) mass is 276 g/mol. The van der Waals surface area contributed by atoms with Crippen LogP contribution in [0.5, 0.6) is 0 Å². The maximum absolute atomic E-state index is 10.5. The first-order valence-corrected chi connectivity index (χ1v) is 8.61. The van der Waals surface area contributed by atoms with Gasteiger partial charge >= 0.3 is 0 Å². The van der Waals surface area contributed by atoms with Gasteiger partial charge in [-0.25, -0.2) is 0 Å². The molecule has 4 rings (SSSR count). The third-order valence-corrected chi connectivity index (χ3v) is 7.59. The lowest BCUT2D eigenvalue weighted by atomic mass is 9.47. The second-order valence-electron chi connectivity index (χ2n) is 8.20. The largest absolute Gasteiger partial charge is 0.393 e. The number of fused-ring (bicyclic) bond motifs is 5. The van der Waals surface area contributed by atoms with Crippen molar-refractivity contribution in [2.45, 2.75) is 77.7 Å². The number of aliphatic hydroxyl groups excluding tert-OH is 1. The van der Waals surface area contributed by atoms with Crippen molar-refractivity contribution in [1.82, 2.24) is 0 Å². The topological polar surface area (TPSA) is 20.2 Å². The Morgan fingerprint density at radius 1 is 1.20 bits per heavy atom. The standard InChI is InChI=1S/C19H30O/c1-18-11-4-3-5-13(18)6-7-14-15-8-9-17(20)19(15,2)12-10-16(14)18/h5,14-17,20H,3-4,6-12H2,1-2H3/t14-,15-,16-,17-,18-,19-/m0/s1/i3D,11D/t3?,11-,14-,15-,16-,17-,18-,19-. The van der Waals surface area contributed by atoms with E-state index in [1.54, 1.807) is 0 Å². The van der Waals surface area contributed by atoms with Gasteiger partial charge in [-0.3, -0.25) is 0 Å². The van der Waals surface area contributed by atoms with Crippen molar-refractivity contribution < 1.29 is 7.85 Å². The van der Waals surface area contributed by atoms with Crippen LogP contribution < -0.4 is 0 Å². The molecule has 0 aromatic heterocycles. The van der Waals surface area contributed by atoms with E-state index in [2.05, 4.69) is 19.9 Å². The third-order valence-electron chi connectivity index (χ3n) is 7.59. The summed E-state index contributed by atoms with van der Waals surface area (Å²) in [5.74, 6) is 1.94. The fourth-order valence-electron chi connectivity index (χ4n) is 6.31. The predicted molar refractivity (Wildman–Crippen MR) is 82.3 cm³/mol. The molecule has 1 nitrogen and oxygen atoms in total. The van der Waals surface area contributed by atoms with Crippen LogP contribution in [0.2, 0.25) is 0 Å². The highest BCUT2D eigenvalue weighted by molar-refractivity contribution is 5.23. The van der Waals surface area contributed by atoms with Crippen LogP contribution in [0.25, 0.3) is 0 Å². The van der Waals surface area contributed by atoms with E-state index >= 15 is 0 Å². The SMILES string of the molecule is [2H]C1C=C2CC[C@H]3[C@@H]4CC[C@H](O)[C@@]4(C)CC[C@@H]3[C@@]2(C)[C@@H]([2H])C1. The molecule has 4 aliphatic carbocycles. The van der Waals surface area contributed by atoms with Crippen molar-refractivity contribution in [3.63, 3.8) is 0 Å². The van der Waals surface area contributed by atoms with Crippen molar-refractivity contribution in [2.24, 2.45) is 28.6 Å². The van der Waals surface area contributed by atoms with Gasteiger partial charge in [0.05, 0.1) is 6.10 Å². The summed E-state index contributed by atoms with van der Waals surface area (Å²) in [4.78, 5) is 0. The second-order valence-corrected chi connectivity index (χ2v) is 8.20. The number of allylic oxidation sites excluding steroid dienone is 2. The molecule has 1 N–H and O–H groups in total. The summed E-state index contributed by atoms with van der Waals surface area (Å²) in [6.07, 6.45) is 9.25. The van der Waals surface area contributed by atoms with E-state index in [-0.39, 0.29) is 29.7 Å². The fraction of sp³-hybridized carbons (Fsp3) is 0.895. The molecule has 0 aliphatic heterocycles. The highest BCUT2D eigenvalue weighted by Crippen LogP contribution is 2.65. The van der Waals surface area contributed by atoms with E-state index in [0.29, 0.717) is 24.2 Å². The molecule has 3 saturated carbocycles. The Hall–Kier alpha value is -0.300. The molecule has 0 aromatic rings. The van der Waals surface area contributed by atoms with E-state index in [4.69, 9.17) is 2.74 Å². The van der Waals surface area contributed by atoms with Gasteiger partial charge in [0.1, 0.15) is 0 Å². The summed E-state index contributed by atoms with van der Waals surface area (Å²) in [6.45, 7) is 4.64. The zero-order valence-electron chi connectivity index (χ0n) is 14.9. The molecule has 0 heterocycles. The van der Waals surface area contributed by atoms with Gasteiger partial charge in [0, 0.05) is 2.74 Å². The minimum atomic E-state index is -0.163. The first-order chi connectivity index (χ1) is 10.4. The molecule has 0 saturated heterocycles. The van der Waals surface area contributed by atoms with E-state index in [1.807, 2.05) is 0 Å². The van der Waals surface area contributed by atoms with Gasteiger partial charge in [-0.15, -0.1) is 0 Å². The molecule has 20 heavy (non-hydrogen) atoms. The van der Waals surface area contributed by atoms with E-state index in [9.17, 15) is 5.11 Å². The average molecular weight is 276 g/mol. The van der Waals surface area contributed by atoms with Crippen LogP contribution in [0.1, 0.15) is 74.3 Å². The van der Waals surface area contributed by atoms with Crippen LogP contribution in [-0.4, -0.2) is 11.2 Å². The summed E-state index contributed by atoms with van der Waals surface area (Å²) in [5.41, 5.74) is 1.54. The highest BCUT2D eigenvalue weighted by atomic mass is 16.3. The van der Waals surface area contributed by atoms with Crippen molar-refractivity contribution in [1.29, 1.82) is 0 Å². The minimum Gasteiger partial charge on any atom is -0.393 e. The summed E-state index contributed by atoms with van der Waals surface area (Å²) < 4.78 is 16.8. The molecule has 1 unspecified atom stereocenters. The number of aliphatic hydroxyl groups is 1. The Balaban J connectivity index is 1.71. The molecular formula is C19H30O. The maximum Gasteiger partial charge on any atom is 0.0596 e. The lowest BCUT2D eigenvalue weighted by Gasteiger charge is -2.57. The summed E-state index contributed by atoms with van der Waals surface area (Å²) in [6, 6.07) is 0. The van der Waals surface area contributed by atoms with Gasteiger partial charge < -0.3 is 5.11 Å². The number of rotatable bonds is 0. The Bertz CT molecular complexity index is 504. The quantitative estimate of drug-likeness (QED) is 0.636. The van der Waals surface area contributed by atoms with Crippen LogP contribution in [0, 0.1) is 28.6 Å². The fourth-order valence-corrected chi connectivity index (χ4v) is 6.31. The summed E-state index contributed by atoms with van der Waals surface area (Å²) in [7, 11) is 0. The molecule has 1 heteroatoms. The van der Waals surface area contributed by atoms with Crippen LogP contribution in [-0.2, 0) is 0 Å². The van der Waals surface area contributed by atoms with Gasteiger partial charge in [-0.2, -0.15) is 0 Å². The Labute approximate surface area is 126 Å². The molecule has 0 spiro atoms. The van der Waals surface area contributed by atoms with E-state index < -0.39 is 0 Å². The molecule has 4 aliphatic rings. The minimum absolute atomic E-state index is 0.00462. The van der Waals surface area contributed by atoms with Crippen LogP contribution in [0.3, 0.4) is 0 Å². The number of hydrogen-bond acceptors (Lipinski definition) is 1. The third kappa shape index (κ3) is 1.59. The highest BCUT2D eigenvalue weighted by Gasteiger charge is 2.58. The summed E-state index contributed by atoms with van der Waals surface area (Å²) in [5, 5.41) is 10.5. The van der Waals surface area contributed by atoms with Gasteiger partial charge in [0.25, 0.3) is 0 Å². The van der Waals surface area contributed by atoms with Crippen molar-refractivity contribution in [2.75, 3.05) is 0 Å². The van der Waals surface area contributed by atoms with Crippen molar-refractivity contribution in [3.05, 3.63) is 11.6 Å². The lowest BCUT2D eigenvalue weighted by Crippen LogP contribution is -2.50. The normalized spacial score (nSPS) is 63.5. The summed E-state index contributed by atoms with van der Waals surface area (Å²) >= 11 is 0. The van der Waals surface area contributed by atoms with Gasteiger partial charge in [0.2, 0.25) is 0 Å². The van der Waals surface area contributed by atoms with Gasteiger partial charge in [-0.1, -0.05) is 25.5 Å². The smallest absolute Gasteiger partial charge is 0.0596 e. The van der Waals surface area contributed by atoms with Crippen LogP contribution in [0.4, 0.5) is 0 Å². The molecule has 0 bridgehead atoms. The van der Waals surface area contributed by atoms with E-state index in [1.165, 1.54) is 24.8 Å². The van der Waals surface area contributed by atoms with Crippen molar-refractivity contribution >= 4 is 0 Å². The lowest BCUT2D eigenvalue weighted by molar-refractivity contribution is -0.0736. The second kappa shape index (κ2) is 4.35. The number of hydrogen-bond donors (Lipinski definition) is 1. The molecule has 112 valence electrons. The predicted octanol–water partition coefficient (Wildman–Crippen LogP) is 4.70. The maximum atomic E-state index is 10.5. The Kier molecular flexibility index (Phi) is 2.46. The van der Waals surface area contributed by atoms with Gasteiger partial charge in [0.15, 0.2) is 0 Å². The Morgan fingerprint density at radius 2 is 2.05 bits per heavy atom. The first kappa shape index (κ1) is 11.3. The zero-order chi connectivity index (χ0) is 15.7. The van der Waals surface area contributed by atoms with Crippen LogP contribution >= 0.6 is 0 Å². The zero-order valence-corrected chi connectivity index (χ0v) is 12.9. The van der Waals surface area contributed by atoms with Gasteiger partial charge in [-0.05, 0) is 86.3 Å². The molecular weight excluding hydrogens is 244 g/mol. The van der Waals surface area contributed by atoms with E-state index in [0.717, 1.165) is 19.3 Å². The first-order valence-electron chi connectivity index (χ1n) is 9.76. The molecule has 0 aromatic carbocycles. The Morgan fingerprint density at radius 3 is 2.90 bits per heavy atom. The molecule has 3 fully saturated rings. The molecule has 0 radical (unpaired) electrons.